The maximum absolute atomic E-state index is 8.89. The minimum atomic E-state index is -1.08. The molecule has 0 unspecified atom stereocenters. The van der Waals surface area contributed by atoms with Gasteiger partial charge in [0.25, 0.3) is 0 Å². The molecule has 0 aromatic heterocycles. The van der Waals surface area contributed by atoms with Crippen molar-refractivity contribution >= 4 is 5.97 Å². The standard InChI is InChI=1S/C7H8.C5H11N.C2H4O2/c1-7-5-3-2-4-6-7;1-2-4-6-5-3-1;1-2(3)4/h2-6H,1H3;6H,1-5H2;1H3,(H,3,4). The van der Waals surface area contributed by atoms with Crippen LogP contribution in [-0.2, 0) is 4.79 Å². The quantitative estimate of drug-likeness (QED) is 0.714. The van der Waals surface area contributed by atoms with Gasteiger partial charge in [0, 0.05) is 5.97 Å². The number of carboxylic acid groups (broad SMARTS) is 1. The number of rotatable bonds is 0. The van der Waals surface area contributed by atoms with Gasteiger partial charge in [0.1, 0.15) is 0 Å². The molecule has 0 radical (unpaired) electrons. The zero-order valence-corrected chi connectivity index (χ0v) is 10.8. The highest BCUT2D eigenvalue weighted by Gasteiger charge is 1.97. The van der Waals surface area contributed by atoms with Crippen molar-refractivity contribution in [2.45, 2.75) is 33.1 Å². The number of benzene rings is 1. The summed E-state index contributed by atoms with van der Waals surface area (Å²) in [4.78, 5) is 8.89. The Hall–Kier alpha value is -1.35. The second-order valence-electron chi connectivity index (χ2n) is 4.07. The Balaban J connectivity index is 0.000000236. The van der Waals surface area contributed by atoms with Crippen LogP contribution in [-0.4, -0.2) is 19.1 Å². The van der Waals surface area contributed by atoms with Crippen LogP contribution in [0.2, 0.25) is 0 Å². The average molecular weight is 237 g/mol. The van der Waals surface area contributed by atoms with Gasteiger partial charge in [-0.3, -0.25) is 0 Å². The molecule has 0 amide bonds. The molecule has 1 aliphatic heterocycles. The van der Waals surface area contributed by atoms with Gasteiger partial charge in [-0.05, 0) is 33.1 Å². The predicted molar refractivity (Wildman–Crippen MR) is 67.4 cm³/mol. The number of carbonyl (C=O) groups is 1. The molecule has 1 aliphatic rings. The average Bonchev–Trinajstić information content (AvgIpc) is 2.32. The molecule has 1 fully saturated rings. The fraction of sp³-hybridized carbons (Fsp3) is 0.500. The van der Waals surface area contributed by atoms with Crippen LogP contribution < -0.4 is 10.4 Å². The van der Waals surface area contributed by atoms with Gasteiger partial charge in [-0.2, -0.15) is 0 Å². The Morgan fingerprint density at radius 1 is 1.12 bits per heavy atom. The van der Waals surface area contributed by atoms with Crippen LogP contribution in [0.15, 0.2) is 30.3 Å². The minimum absolute atomic E-state index is 0.972. The largest absolute Gasteiger partial charge is 0.550 e. The lowest BCUT2D eigenvalue weighted by Crippen LogP contribution is -2.85. The second kappa shape index (κ2) is 11.1. The van der Waals surface area contributed by atoms with Crippen molar-refractivity contribution in [2.75, 3.05) is 13.1 Å². The third-order valence-electron chi connectivity index (χ3n) is 2.26. The van der Waals surface area contributed by atoms with E-state index in [1.807, 2.05) is 18.2 Å². The van der Waals surface area contributed by atoms with Gasteiger partial charge >= 0.3 is 0 Å². The first-order valence-electron chi connectivity index (χ1n) is 6.14. The number of piperidine rings is 1. The van der Waals surface area contributed by atoms with Gasteiger partial charge in [-0.25, -0.2) is 0 Å². The normalized spacial score (nSPS) is 13.5. The first kappa shape index (κ1) is 15.7. The van der Waals surface area contributed by atoms with Crippen LogP contribution in [0.5, 0.6) is 0 Å². The van der Waals surface area contributed by atoms with Gasteiger partial charge in [0.2, 0.25) is 0 Å². The van der Waals surface area contributed by atoms with Crippen LogP contribution in [0.3, 0.4) is 0 Å². The van der Waals surface area contributed by atoms with E-state index < -0.39 is 5.97 Å². The van der Waals surface area contributed by atoms with E-state index in [-0.39, 0.29) is 0 Å². The number of nitrogens with two attached hydrogens (primary N) is 1. The molecular weight excluding hydrogens is 214 g/mol. The van der Waals surface area contributed by atoms with Crippen LogP contribution in [0, 0.1) is 6.92 Å². The van der Waals surface area contributed by atoms with E-state index in [0.717, 1.165) is 6.92 Å². The molecule has 2 N–H and O–H groups in total. The van der Waals surface area contributed by atoms with Crippen molar-refractivity contribution in [2.24, 2.45) is 0 Å². The van der Waals surface area contributed by atoms with Crippen molar-refractivity contribution in [3.8, 4) is 0 Å². The summed E-state index contributed by atoms with van der Waals surface area (Å²) in [7, 11) is 0. The monoisotopic (exact) mass is 237 g/mol. The Kier molecular flexibility index (Phi) is 10.3. The van der Waals surface area contributed by atoms with Crippen molar-refractivity contribution in [1.29, 1.82) is 0 Å². The first-order chi connectivity index (χ1) is 8.13. The lowest BCUT2D eigenvalue weighted by atomic mass is 10.2. The molecule has 0 saturated carbocycles. The Labute approximate surface area is 104 Å². The second-order valence-corrected chi connectivity index (χ2v) is 4.07. The minimum Gasteiger partial charge on any atom is -0.550 e. The number of hydrogen-bond acceptors (Lipinski definition) is 2. The molecule has 3 nitrogen and oxygen atoms in total. The molecule has 3 heteroatoms. The maximum atomic E-state index is 8.89. The molecule has 0 aliphatic carbocycles. The molecule has 1 saturated heterocycles. The van der Waals surface area contributed by atoms with E-state index in [1.54, 1.807) is 0 Å². The molecule has 96 valence electrons. The Bertz CT molecular complexity index is 266. The summed E-state index contributed by atoms with van der Waals surface area (Å²) < 4.78 is 0. The lowest BCUT2D eigenvalue weighted by molar-refractivity contribution is -0.662. The summed E-state index contributed by atoms with van der Waals surface area (Å²) >= 11 is 0. The van der Waals surface area contributed by atoms with Crippen molar-refractivity contribution in [1.82, 2.24) is 0 Å². The van der Waals surface area contributed by atoms with E-state index in [2.05, 4.69) is 24.4 Å². The molecular formula is C14H23NO2. The molecule has 1 heterocycles. The fourth-order valence-corrected chi connectivity index (χ4v) is 1.43. The fourth-order valence-electron chi connectivity index (χ4n) is 1.43. The molecule has 0 spiro atoms. The van der Waals surface area contributed by atoms with E-state index in [1.165, 1.54) is 37.9 Å². The van der Waals surface area contributed by atoms with Crippen molar-refractivity contribution < 1.29 is 15.2 Å². The van der Waals surface area contributed by atoms with Crippen LogP contribution in [0.4, 0.5) is 0 Å². The highest BCUT2D eigenvalue weighted by molar-refractivity contribution is 5.60. The Morgan fingerprint density at radius 3 is 1.76 bits per heavy atom. The number of aliphatic carboxylic acids is 1. The van der Waals surface area contributed by atoms with Gasteiger partial charge in [-0.15, -0.1) is 0 Å². The van der Waals surface area contributed by atoms with Gasteiger partial charge in [0.05, 0.1) is 13.1 Å². The third kappa shape index (κ3) is 14.7. The van der Waals surface area contributed by atoms with E-state index in [4.69, 9.17) is 9.90 Å². The predicted octanol–water partition coefficient (Wildman–Crippen LogP) is 0.485. The summed E-state index contributed by atoms with van der Waals surface area (Å²) in [5.74, 6) is -1.08. The smallest absolute Gasteiger partial charge is 0.0755 e. The Morgan fingerprint density at radius 2 is 1.59 bits per heavy atom. The third-order valence-corrected chi connectivity index (χ3v) is 2.26. The SMILES string of the molecule is C1CC[NH2+]CC1.CC(=O)[O-].Cc1ccccc1. The summed E-state index contributed by atoms with van der Waals surface area (Å²) in [5.41, 5.74) is 1.32. The van der Waals surface area contributed by atoms with Gasteiger partial charge in [-0.1, -0.05) is 35.9 Å². The van der Waals surface area contributed by atoms with E-state index in [0.29, 0.717) is 0 Å². The lowest BCUT2D eigenvalue weighted by Gasteiger charge is -2.05. The molecule has 2 rings (SSSR count). The van der Waals surface area contributed by atoms with Crippen LogP contribution in [0.25, 0.3) is 0 Å². The summed E-state index contributed by atoms with van der Waals surface area (Å²) in [5, 5.41) is 11.3. The topological polar surface area (TPSA) is 56.7 Å². The first-order valence-corrected chi connectivity index (χ1v) is 6.14. The molecule has 1 aromatic rings. The van der Waals surface area contributed by atoms with Crippen molar-refractivity contribution in [3.05, 3.63) is 35.9 Å². The number of hydrogen-bond donors (Lipinski definition) is 1. The summed E-state index contributed by atoms with van der Waals surface area (Å²) in [6, 6.07) is 10.3. The summed E-state index contributed by atoms with van der Waals surface area (Å²) in [6.07, 6.45) is 4.36. The van der Waals surface area contributed by atoms with E-state index in [9.17, 15) is 0 Å². The van der Waals surface area contributed by atoms with Gasteiger partial charge in [0.15, 0.2) is 0 Å². The zero-order valence-electron chi connectivity index (χ0n) is 10.8. The zero-order chi connectivity index (χ0) is 12.9. The molecule has 0 bridgehead atoms. The van der Waals surface area contributed by atoms with Gasteiger partial charge < -0.3 is 15.2 Å². The molecule has 17 heavy (non-hydrogen) atoms. The highest BCUT2D eigenvalue weighted by Crippen LogP contribution is 1.92. The van der Waals surface area contributed by atoms with Crippen molar-refractivity contribution in [3.63, 3.8) is 0 Å². The van der Waals surface area contributed by atoms with Crippen LogP contribution in [0.1, 0.15) is 31.7 Å². The highest BCUT2D eigenvalue weighted by atomic mass is 16.4. The van der Waals surface area contributed by atoms with E-state index >= 15 is 0 Å². The maximum Gasteiger partial charge on any atom is 0.0755 e. The molecule has 0 atom stereocenters. The number of carbonyl (C=O) groups excluding carboxylic acids is 1. The molecule has 1 aromatic carbocycles. The summed E-state index contributed by atoms with van der Waals surface area (Å²) in [6.45, 7) is 5.81. The number of aryl methyl sites for hydroxylation is 1. The van der Waals surface area contributed by atoms with Crippen LogP contribution >= 0.6 is 0 Å². The number of quaternary nitrogens is 1. The number of carboxylic acids is 1.